The number of hydrogen-bond acceptors (Lipinski definition) is 5. The average Bonchev–Trinajstić information content (AvgIpc) is 3.34. The van der Waals surface area contributed by atoms with Crippen LogP contribution in [0.4, 0.5) is 0 Å². The normalized spacial score (nSPS) is 19.6. The first kappa shape index (κ1) is 29.6. The average molecular weight is 506 g/mol. The van der Waals surface area contributed by atoms with E-state index in [1.165, 1.54) is 102 Å². The number of nitrogens with zero attached hydrogens (tertiary/aromatic N) is 1. The Kier molecular flexibility index (Phi) is 15.0. The topological polar surface area (TPSA) is 91.3 Å². The summed E-state index contributed by atoms with van der Waals surface area (Å²) in [6.07, 6.45) is 24.4. The molecule has 1 saturated heterocycles. The summed E-state index contributed by atoms with van der Waals surface area (Å²) >= 11 is 1.33. The maximum atomic E-state index is 13.1. The molecular weight excluding hydrogens is 458 g/mol. The van der Waals surface area contributed by atoms with E-state index in [9.17, 15) is 14.7 Å². The van der Waals surface area contributed by atoms with Gasteiger partial charge in [0.2, 0.25) is 0 Å². The van der Waals surface area contributed by atoms with Crippen LogP contribution in [-0.4, -0.2) is 40.3 Å². The molecule has 35 heavy (non-hydrogen) atoms. The largest absolute Gasteiger partial charge is 0.480 e. The van der Waals surface area contributed by atoms with Gasteiger partial charge in [0, 0.05) is 30.3 Å². The van der Waals surface area contributed by atoms with Crippen LogP contribution in [0.25, 0.3) is 0 Å². The van der Waals surface area contributed by atoms with Crippen molar-refractivity contribution in [2.24, 2.45) is 0 Å². The highest BCUT2D eigenvalue weighted by molar-refractivity contribution is 8.01. The van der Waals surface area contributed by atoms with E-state index in [0.29, 0.717) is 17.9 Å². The molecule has 198 valence electrons. The van der Waals surface area contributed by atoms with Crippen LogP contribution in [0.2, 0.25) is 0 Å². The Bertz CT molecular complexity index is 719. The molecule has 2 atom stereocenters. The number of aliphatic carboxylic acids is 1. The van der Waals surface area contributed by atoms with Crippen molar-refractivity contribution in [1.29, 1.82) is 0 Å². The highest BCUT2D eigenvalue weighted by Crippen LogP contribution is 2.39. The molecule has 1 unspecified atom stereocenters. The van der Waals surface area contributed by atoms with Crippen LogP contribution in [0.5, 0.6) is 0 Å². The summed E-state index contributed by atoms with van der Waals surface area (Å²) in [6.45, 7) is 2.88. The predicted molar refractivity (Wildman–Crippen MR) is 145 cm³/mol. The van der Waals surface area contributed by atoms with Gasteiger partial charge in [0.1, 0.15) is 6.04 Å². The molecule has 2 heterocycles. The van der Waals surface area contributed by atoms with Crippen LogP contribution >= 0.6 is 11.8 Å². The number of aromatic nitrogens is 1. The summed E-state index contributed by atoms with van der Waals surface area (Å²) in [5, 5.41) is 15.5. The minimum absolute atomic E-state index is 0.180. The fourth-order valence-corrected chi connectivity index (χ4v) is 6.03. The zero-order chi connectivity index (χ0) is 25.2. The van der Waals surface area contributed by atoms with Crippen molar-refractivity contribution in [1.82, 2.24) is 15.6 Å². The van der Waals surface area contributed by atoms with E-state index < -0.39 is 16.9 Å². The fraction of sp³-hybridized carbons (Fsp3) is 0.750. The monoisotopic (exact) mass is 505 g/mol. The van der Waals surface area contributed by atoms with E-state index in [-0.39, 0.29) is 5.91 Å². The van der Waals surface area contributed by atoms with Gasteiger partial charge in [-0.15, -0.1) is 11.8 Å². The van der Waals surface area contributed by atoms with Gasteiger partial charge in [-0.05, 0) is 12.5 Å². The molecule has 1 aliphatic rings. The molecule has 0 spiro atoms. The molecule has 0 radical (unpaired) electrons. The van der Waals surface area contributed by atoms with Gasteiger partial charge < -0.3 is 10.4 Å². The number of unbranched alkanes of at least 4 members (excludes halogenated alkanes) is 15. The number of rotatable bonds is 20. The van der Waals surface area contributed by atoms with Crippen LogP contribution in [-0.2, 0) is 14.5 Å². The zero-order valence-corrected chi connectivity index (χ0v) is 22.6. The number of carbonyl (C=O) groups is 2. The molecule has 3 N–H and O–H groups in total. The van der Waals surface area contributed by atoms with Crippen molar-refractivity contribution in [3.05, 3.63) is 30.1 Å². The second-order valence-corrected chi connectivity index (χ2v) is 11.1. The maximum Gasteiger partial charge on any atom is 0.321 e. The third-order valence-electron chi connectivity index (χ3n) is 6.85. The molecule has 1 aromatic heterocycles. The summed E-state index contributed by atoms with van der Waals surface area (Å²) in [6, 6.07) is 2.85. The van der Waals surface area contributed by atoms with Gasteiger partial charge in [0.25, 0.3) is 5.91 Å². The van der Waals surface area contributed by atoms with Gasteiger partial charge >= 0.3 is 5.97 Å². The molecule has 0 aromatic carbocycles. The summed E-state index contributed by atoms with van der Waals surface area (Å²) in [4.78, 5) is 27.6. The van der Waals surface area contributed by atoms with Crippen LogP contribution < -0.4 is 10.6 Å². The SMILES string of the molecule is CCCCCCCCCCCCCCCCCCNC(=O)C1(c2cccnc2)N[C@H](C(=O)O)CS1. The van der Waals surface area contributed by atoms with Gasteiger partial charge in [-0.3, -0.25) is 19.9 Å². The number of carboxylic acid groups (broad SMARTS) is 1. The van der Waals surface area contributed by atoms with Gasteiger partial charge in [0.15, 0.2) is 4.87 Å². The first-order valence-corrected chi connectivity index (χ1v) is 14.9. The summed E-state index contributed by atoms with van der Waals surface area (Å²) < 4.78 is 0. The highest BCUT2D eigenvalue weighted by Gasteiger charge is 2.49. The molecule has 7 heteroatoms. The smallest absolute Gasteiger partial charge is 0.321 e. The lowest BCUT2D eigenvalue weighted by molar-refractivity contribution is -0.139. The second kappa shape index (κ2) is 17.8. The van der Waals surface area contributed by atoms with Crippen molar-refractivity contribution in [3.8, 4) is 0 Å². The Balaban J connectivity index is 1.50. The minimum atomic E-state index is -1.09. The lowest BCUT2D eigenvalue weighted by atomic mass is 10.0. The van der Waals surface area contributed by atoms with Crippen molar-refractivity contribution < 1.29 is 14.7 Å². The van der Waals surface area contributed by atoms with Crippen LogP contribution in [0.1, 0.15) is 115 Å². The van der Waals surface area contributed by atoms with Gasteiger partial charge in [-0.1, -0.05) is 109 Å². The standard InChI is InChI=1S/C28H47N3O3S/c1-2-3-4-5-6-7-8-9-10-11-12-13-14-15-16-17-21-30-27(34)28(24-19-18-20-29-22-24)31-25(23-35-28)26(32)33/h18-20,22,25,31H,2-17,21,23H2,1H3,(H,30,34)(H,32,33)/t25-,28?/m0/s1. The Labute approximate surface area is 216 Å². The van der Waals surface area contributed by atoms with Crippen LogP contribution in [0, 0.1) is 0 Å². The molecule has 1 aliphatic heterocycles. The Morgan fingerprint density at radius 3 is 1.97 bits per heavy atom. The predicted octanol–water partition coefficient (Wildman–Crippen LogP) is 6.40. The van der Waals surface area contributed by atoms with E-state index in [4.69, 9.17) is 0 Å². The van der Waals surface area contributed by atoms with Gasteiger partial charge in [-0.25, -0.2) is 0 Å². The van der Waals surface area contributed by atoms with Crippen LogP contribution in [0.3, 0.4) is 0 Å². The number of hydrogen-bond donors (Lipinski definition) is 3. The van der Waals surface area contributed by atoms with Crippen molar-refractivity contribution in [3.63, 3.8) is 0 Å². The third-order valence-corrected chi connectivity index (χ3v) is 8.32. The van der Waals surface area contributed by atoms with E-state index in [0.717, 1.165) is 12.8 Å². The number of pyridine rings is 1. The summed E-state index contributed by atoms with van der Waals surface area (Å²) in [7, 11) is 0. The van der Waals surface area contributed by atoms with Crippen LogP contribution in [0.15, 0.2) is 24.5 Å². The van der Waals surface area contributed by atoms with Gasteiger partial charge in [0.05, 0.1) is 0 Å². The molecule has 1 fully saturated rings. The Morgan fingerprint density at radius 1 is 0.971 bits per heavy atom. The molecule has 1 amide bonds. The van der Waals surface area contributed by atoms with E-state index in [1.807, 2.05) is 6.07 Å². The lowest BCUT2D eigenvalue weighted by Crippen LogP contribution is -2.52. The van der Waals surface area contributed by atoms with E-state index >= 15 is 0 Å². The van der Waals surface area contributed by atoms with Crippen molar-refractivity contribution >= 4 is 23.6 Å². The molecule has 0 aliphatic carbocycles. The first-order chi connectivity index (χ1) is 17.1. The zero-order valence-electron chi connectivity index (χ0n) is 21.7. The first-order valence-electron chi connectivity index (χ1n) is 13.9. The maximum absolute atomic E-state index is 13.1. The van der Waals surface area contributed by atoms with Crippen molar-refractivity contribution in [2.75, 3.05) is 12.3 Å². The number of carbonyl (C=O) groups excluding carboxylic acids is 1. The molecule has 2 rings (SSSR count). The minimum Gasteiger partial charge on any atom is -0.480 e. The quantitative estimate of drug-likeness (QED) is 0.178. The van der Waals surface area contributed by atoms with E-state index in [2.05, 4.69) is 22.5 Å². The van der Waals surface area contributed by atoms with E-state index in [1.54, 1.807) is 18.5 Å². The summed E-state index contributed by atoms with van der Waals surface area (Å²) in [5.74, 6) is -0.773. The molecular formula is C28H47N3O3S. The van der Waals surface area contributed by atoms with Gasteiger partial charge in [-0.2, -0.15) is 0 Å². The van der Waals surface area contributed by atoms with Crippen molar-refractivity contribution in [2.45, 2.75) is 121 Å². The summed E-state index contributed by atoms with van der Waals surface area (Å²) in [5.41, 5.74) is 0.693. The number of thioether (sulfide) groups is 1. The third kappa shape index (κ3) is 10.9. The number of carboxylic acids is 1. The Hall–Kier alpha value is -1.60. The molecule has 0 bridgehead atoms. The molecule has 1 aromatic rings. The molecule has 6 nitrogen and oxygen atoms in total. The molecule has 0 saturated carbocycles. The highest BCUT2D eigenvalue weighted by atomic mass is 32.2. The fourth-order valence-electron chi connectivity index (χ4n) is 4.67. The number of amides is 1. The number of nitrogens with one attached hydrogen (secondary N) is 2. The lowest BCUT2D eigenvalue weighted by Gasteiger charge is -2.28. The second-order valence-electron chi connectivity index (χ2n) is 9.83. The Morgan fingerprint density at radius 2 is 1.51 bits per heavy atom.